The van der Waals surface area contributed by atoms with Gasteiger partial charge >= 0.3 is 0 Å². The molecule has 0 unspecified atom stereocenters. The van der Waals surface area contributed by atoms with E-state index < -0.39 is 0 Å². The van der Waals surface area contributed by atoms with Crippen molar-refractivity contribution in [2.24, 2.45) is 0 Å². The molecule has 1 N–H and O–H groups in total. The van der Waals surface area contributed by atoms with Gasteiger partial charge in [0.1, 0.15) is 0 Å². The summed E-state index contributed by atoms with van der Waals surface area (Å²) in [5.74, 6) is 1.12. The predicted molar refractivity (Wildman–Crippen MR) is 114 cm³/mol. The van der Waals surface area contributed by atoms with E-state index in [2.05, 4.69) is 31.1 Å². The highest BCUT2D eigenvalue weighted by atomic mass is 32.1. The Morgan fingerprint density at radius 2 is 1.68 bits per heavy atom. The number of nitrogens with zero attached hydrogens (tertiary/aromatic N) is 1. The SMILES string of the molecule is COc1ccc(-c2csc(NC(=O)c3ccc(C(C)(C)C)cc3)n2)cc1OC. The fourth-order valence-corrected chi connectivity index (χ4v) is 3.46. The first-order valence-electron chi connectivity index (χ1n) is 8.91. The number of methoxy groups -OCH3 is 2. The number of amides is 1. The number of aromatic nitrogens is 1. The van der Waals surface area contributed by atoms with Crippen LogP contribution in [0.5, 0.6) is 11.5 Å². The lowest BCUT2D eigenvalue weighted by Crippen LogP contribution is -2.14. The molecule has 146 valence electrons. The lowest BCUT2D eigenvalue weighted by Gasteiger charge is -2.18. The van der Waals surface area contributed by atoms with Crippen LogP contribution in [-0.4, -0.2) is 25.1 Å². The number of anilines is 1. The van der Waals surface area contributed by atoms with E-state index in [0.29, 0.717) is 22.2 Å². The van der Waals surface area contributed by atoms with Crippen LogP contribution in [0, 0.1) is 0 Å². The van der Waals surface area contributed by atoms with Crippen LogP contribution in [0.2, 0.25) is 0 Å². The number of carbonyl (C=O) groups excluding carboxylic acids is 1. The van der Waals surface area contributed by atoms with Gasteiger partial charge < -0.3 is 9.47 Å². The molecule has 0 spiro atoms. The monoisotopic (exact) mass is 396 g/mol. The molecule has 1 heterocycles. The fourth-order valence-electron chi connectivity index (χ4n) is 2.75. The Labute approximate surface area is 169 Å². The molecule has 0 bridgehead atoms. The Morgan fingerprint density at radius 3 is 2.29 bits per heavy atom. The Hall–Kier alpha value is -2.86. The number of benzene rings is 2. The van der Waals surface area contributed by atoms with Crippen LogP contribution in [0.3, 0.4) is 0 Å². The zero-order valence-electron chi connectivity index (χ0n) is 16.7. The molecule has 0 aliphatic heterocycles. The van der Waals surface area contributed by atoms with E-state index in [1.165, 1.54) is 16.9 Å². The smallest absolute Gasteiger partial charge is 0.257 e. The van der Waals surface area contributed by atoms with Gasteiger partial charge in [0.05, 0.1) is 19.9 Å². The number of ether oxygens (including phenoxy) is 2. The van der Waals surface area contributed by atoms with E-state index in [4.69, 9.17) is 9.47 Å². The molecule has 5 nitrogen and oxygen atoms in total. The Balaban J connectivity index is 1.75. The van der Waals surface area contributed by atoms with E-state index >= 15 is 0 Å². The lowest BCUT2D eigenvalue weighted by molar-refractivity contribution is 0.102. The van der Waals surface area contributed by atoms with Crippen LogP contribution < -0.4 is 14.8 Å². The largest absolute Gasteiger partial charge is 0.493 e. The van der Waals surface area contributed by atoms with Gasteiger partial charge in [-0.2, -0.15) is 0 Å². The topological polar surface area (TPSA) is 60.5 Å². The fraction of sp³-hybridized carbons (Fsp3) is 0.273. The van der Waals surface area contributed by atoms with Gasteiger partial charge in [-0.25, -0.2) is 4.98 Å². The molecule has 0 saturated heterocycles. The third kappa shape index (κ3) is 4.34. The third-order valence-corrected chi connectivity index (χ3v) is 5.17. The van der Waals surface area contributed by atoms with Crippen molar-refractivity contribution < 1.29 is 14.3 Å². The van der Waals surface area contributed by atoms with Crippen molar-refractivity contribution in [3.8, 4) is 22.8 Å². The maximum atomic E-state index is 12.5. The second kappa shape index (κ2) is 8.02. The molecular weight excluding hydrogens is 372 g/mol. The summed E-state index contributed by atoms with van der Waals surface area (Å²) < 4.78 is 10.6. The van der Waals surface area contributed by atoms with Gasteiger partial charge in [0, 0.05) is 16.5 Å². The molecular formula is C22H24N2O3S. The average Bonchev–Trinajstić information content (AvgIpc) is 3.15. The summed E-state index contributed by atoms with van der Waals surface area (Å²) in [6.45, 7) is 6.44. The maximum absolute atomic E-state index is 12.5. The van der Waals surface area contributed by atoms with E-state index in [1.807, 2.05) is 47.8 Å². The first-order valence-corrected chi connectivity index (χ1v) is 9.79. The molecule has 0 radical (unpaired) electrons. The van der Waals surface area contributed by atoms with Crippen LogP contribution in [0.25, 0.3) is 11.3 Å². The van der Waals surface area contributed by atoms with Crippen LogP contribution in [0.15, 0.2) is 47.8 Å². The lowest BCUT2D eigenvalue weighted by atomic mass is 9.87. The van der Waals surface area contributed by atoms with Crippen molar-refractivity contribution in [3.63, 3.8) is 0 Å². The number of thiazole rings is 1. The van der Waals surface area contributed by atoms with Crippen molar-refractivity contribution in [1.82, 2.24) is 4.98 Å². The van der Waals surface area contributed by atoms with Gasteiger partial charge in [-0.1, -0.05) is 32.9 Å². The maximum Gasteiger partial charge on any atom is 0.257 e. The zero-order valence-corrected chi connectivity index (χ0v) is 17.5. The number of nitrogens with one attached hydrogen (secondary N) is 1. The highest BCUT2D eigenvalue weighted by Gasteiger charge is 2.15. The number of hydrogen-bond acceptors (Lipinski definition) is 5. The first-order chi connectivity index (χ1) is 13.3. The molecule has 0 atom stereocenters. The van der Waals surface area contributed by atoms with Crippen LogP contribution in [-0.2, 0) is 5.41 Å². The zero-order chi connectivity index (χ0) is 20.3. The van der Waals surface area contributed by atoms with Crippen molar-refractivity contribution in [2.75, 3.05) is 19.5 Å². The predicted octanol–water partition coefficient (Wildman–Crippen LogP) is 5.38. The molecule has 0 aliphatic carbocycles. The van der Waals surface area contributed by atoms with E-state index in [9.17, 15) is 4.79 Å². The van der Waals surface area contributed by atoms with Crippen molar-refractivity contribution >= 4 is 22.4 Å². The molecule has 3 rings (SSSR count). The van der Waals surface area contributed by atoms with Gasteiger partial charge in [-0.15, -0.1) is 11.3 Å². The number of rotatable bonds is 5. The minimum atomic E-state index is -0.173. The summed E-state index contributed by atoms with van der Waals surface area (Å²) in [5, 5.41) is 5.32. The van der Waals surface area contributed by atoms with Crippen molar-refractivity contribution in [2.45, 2.75) is 26.2 Å². The molecule has 0 aliphatic rings. The van der Waals surface area contributed by atoms with E-state index in [0.717, 1.165) is 11.3 Å². The Morgan fingerprint density at radius 1 is 1.00 bits per heavy atom. The number of hydrogen-bond donors (Lipinski definition) is 1. The molecule has 0 saturated carbocycles. The quantitative estimate of drug-likeness (QED) is 0.629. The Bertz CT molecular complexity index is 972. The summed E-state index contributed by atoms with van der Waals surface area (Å²) >= 11 is 1.38. The molecule has 0 fully saturated rings. The van der Waals surface area contributed by atoms with Gasteiger partial charge in [-0.3, -0.25) is 10.1 Å². The molecule has 3 aromatic rings. The summed E-state index contributed by atoms with van der Waals surface area (Å²) in [4.78, 5) is 17.0. The highest BCUT2D eigenvalue weighted by molar-refractivity contribution is 7.14. The van der Waals surface area contributed by atoms with Crippen LogP contribution in [0.4, 0.5) is 5.13 Å². The standard InChI is InChI=1S/C22H24N2O3S/c1-22(2,3)16-9-6-14(7-10-16)20(25)24-21-23-17(13-28-21)15-8-11-18(26-4)19(12-15)27-5/h6-13H,1-5H3,(H,23,24,25). The highest BCUT2D eigenvalue weighted by Crippen LogP contribution is 2.33. The van der Waals surface area contributed by atoms with Crippen molar-refractivity contribution in [3.05, 3.63) is 59.0 Å². The van der Waals surface area contributed by atoms with Gasteiger partial charge in [0.2, 0.25) is 0 Å². The second-order valence-electron chi connectivity index (χ2n) is 7.39. The van der Waals surface area contributed by atoms with Crippen LogP contribution >= 0.6 is 11.3 Å². The second-order valence-corrected chi connectivity index (χ2v) is 8.25. The summed E-state index contributed by atoms with van der Waals surface area (Å²) in [6.07, 6.45) is 0. The Kier molecular flexibility index (Phi) is 5.70. The summed E-state index contributed by atoms with van der Waals surface area (Å²) in [7, 11) is 3.20. The van der Waals surface area contributed by atoms with Gasteiger partial charge in [-0.05, 0) is 41.3 Å². The number of carbonyl (C=O) groups is 1. The average molecular weight is 397 g/mol. The molecule has 1 amide bonds. The molecule has 1 aromatic heterocycles. The van der Waals surface area contributed by atoms with E-state index in [-0.39, 0.29) is 11.3 Å². The molecule has 6 heteroatoms. The first kappa shape index (κ1) is 19.9. The third-order valence-electron chi connectivity index (χ3n) is 4.42. The molecule has 28 heavy (non-hydrogen) atoms. The van der Waals surface area contributed by atoms with E-state index in [1.54, 1.807) is 14.2 Å². The minimum Gasteiger partial charge on any atom is -0.493 e. The molecule has 2 aromatic carbocycles. The van der Waals surface area contributed by atoms with Crippen molar-refractivity contribution in [1.29, 1.82) is 0 Å². The minimum absolute atomic E-state index is 0.0542. The van der Waals surface area contributed by atoms with Gasteiger partial charge in [0.25, 0.3) is 5.91 Å². The normalized spacial score (nSPS) is 11.2. The van der Waals surface area contributed by atoms with Crippen LogP contribution in [0.1, 0.15) is 36.7 Å². The van der Waals surface area contributed by atoms with Gasteiger partial charge in [0.15, 0.2) is 16.6 Å². The summed E-state index contributed by atoms with van der Waals surface area (Å²) in [6, 6.07) is 13.3. The summed E-state index contributed by atoms with van der Waals surface area (Å²) in [5.41, 5.74) is 3.51.